The molecule has 1 atom stereocenters. The van der Waals surface area contributed by atoms with Crippen molar-refractivity contribution in [2.45, 2.75) is 62.4 Å². The molecule has 1 aromatic carbocycles. The molecule has 2 amide bonds. The SMILES string of the molecule is CN(C)C(=O)CN(C)C(=O)CN1CC2(CCC(c3ccccc3)(N(C)C)CC2)N(CC2CCC2)C1O. The minimum atomic E-state index is -0.768. The molecule has 0 radical (unpaired) electrons. The average molecular weight is 500 g/mol. The van der Waals surface area contributed by atoms with Gasteiger partial charge in [0, 0.05) is 45.3 Å². The molecule has 1 aromatic rings. The molecule has 2 aliphatic carbocycles. The van der Waals surface area contributed by atoms with Crippen LogP contribution in [-0.2, 0) is 15.1 Å². The minimum absolute atomic E-state index is 0.0183. The maximum atomic E-state index is 13.0. The van der Waals surface area contributed by atoms with Crippen molar-refractivity contribution in [3.05, 3.63) is 35.9 Å². The highest BCUT2D eigenvalue weighted by Gasteiger charge is 2.55. The molecule has 1 N–H and O–H groups in total. The van der Waals surface area contributed by atoms with Gasteiger partial charge in [-0.3, -0.25) is 24.3 Å². The molecule has 0 aromatic heterocycles. The first kappa shape index (κ1) is 27.0. The lowest BCUT2D eigenvalue weighted by Crippen LogP contribution is -2.57. The highest BCUT2D eigenvalue weighted by atomic mass is 16.3. The van der Waals surface area contributed by atoms with E-state index < -0.39 is 6.35 Å². The average Bonchev–Trinajstić information content (AvgIpc) is 3.07. The molecule has 1 heterocycles. The van der Waals surface area contributed by atoms with Crippen LogP contribution < -0.4 is 0 Å². The van der Waals surface area contributed by atoms with Crippen molar-refractivity contribution in [3.63, 3.8) is 0 Å². The number of aliphatic hydroxyl groups excluding tert-OH is 1. The van der Waals surface area contributed by atoms with Gasteiger partial charge < -0.3 is 14.9 Å². The Labute approximate surface area is 216 Å². The Balaban J connectivity index is 1.51. The third-order valence-corrected chi connectivity index (χ3v) is 9.20. The Bertz CT molecular complexity index is 909. The van der Waals surface area contributed by atoms with Gasteiger partial charge in [-0.05, 0) is 64.1 Å². The second-order valence-corrected chi connectivity index (χ2v) is 11.8. The first-order valence-corrected chi connectivity index (χ1v) is 13.4. The maximum absolute atomic E-state index is 13.0. The lowest BCUT2D eigenvalue weighted by atomic mass is 9.68. The number of carbonyl (C=O) groups is 2. The molecule has 0 bridgehead atoms. The number of amides is 2. The van der Waals surface area contributed by atoms with E-state index in [0.717, 1.165) is 32.2 Å². The second kappa shape index (κ2) is 10.8. The summed E-state index contributed by atoms with van der Waals surface area (Å²) in [7, 11) is 9.41. The lowest BCUT2D eigenvalue weighted by Gasteiger charge is -2.52. The van der Waals surface area contributed by atoms with E-state index in [9.17, 15) is 14.7 Å². The van der Waals surface area contributed by atoms with Gasteiger partial charge in [-0.15, -0.1) is 0 Å². The molecule has 8 heteroatoms. The van der Waals surface area contributed by atoms with Gasteiger partial charge in [0.2, 0.25) is 11.8 Å². The van der Waals surface area contributed by atoms with E-state index in [4.69, 9.17) is 0 Å². The van der Waals surface area contributed by atoms with E-state index in [1.807, 2.05) is 4.90 Å². The van der Waals surface area contributed by atoms with E-state index in [1.165, 1.54) is 34.6 Å². The largest absolute Gasteiger partial charge is 0.365 e. The smallest absolute Gasteiger partial charge is 0.241 e. The minimum Gasteiger partial charge on any atom is -0.365 e. The van der Waals surface area contributed by atoms with Gasteiger partial charge in [-0.25, -0.2) is 0 Å². The van der Waals surface area contributed by atoms with Crippen LogP contribution in [0.3, 0.4) is 0 Å². The zero-order valence-electron chi connectivity index (χ0n) is 22.8. The van der Waals surface area contributed by atoms with Crippen molar-refractivity contribution in [1.82, 2.24) is 24.5 Å². The topological polar surface area (TPSA) is 70.6 Å². The van der Waals surface area contributed by atoms with Crippen LogP contribution in [0.1, 0.15) is 50.5 Å². The molecule has 1 saturated heterocycles. The number of nitrogens with zero attached hydrogens (tertiary/aromatic N) is 5. The van der Waals surface area contributed by atoms with E-state index in [-0.39, 0.29) is 36.0 Å². The molecule has 3 fully saturated rings. The summed E-state index contributed by atoms with van der Waals surface area (Å²) in [4.78, 5) is 34.7. The quantitative estimate of drug-likeness (QED) is 0.590. The predicted octanol–water partition coefficient (Wildman–Crippen LogP) is 2.00. The van der Waals surface area contributed by atoms with Crippen LogP contribution in [0.2, 0.25) is 0 Å². The molecule has 1 aliphatic heterocycles. The van der Waals surface area contributed by atoms with Gasteiger partial charge in [-0.2, -0.15) is 0 Å². The molecular formula is C28H45N5O3. The third-order valence-electron chi connectivity index (χ3n) is 9.20. The maximum Gasteiger partial charge on any atom is 0.241 e. The molecule has 3 aliphatic rings. The van der Waals surface area contributed by atoms with Crippen molar-refractivity contribution < 1.29 is 14.7 Å². The number of rotatable bonds is 8. The summed E-state index contributed by atoms with van der Waals surface area (Å²) in [5.74, 6) is 0.388. The van der Waals surface area contributed by atoms with Crippen LogP contribution >= 0.6 is 0 Å². The Morgan fingerprint density at radius 2 is 1.61 bits per heavy atom. The van der Waals surface area contributed by atoms with Gasteiger partial charge in [0.15, 0.2) is 6.35 Å². The van der Waals surface area contributed by atoms with Crippen molar-refractivity contribution in [3.8, 4) is 0 Å². The second-order valence-electron chi connectivity index (χ2n) is 11.8. The molecule has 8 nitrogen and oxygen atoms in total. The Morgan fingerprint density at radius 3 is 2.14 bits per heavy atom. The van der Waals surface area contributed by atoms with Gasteiger partial charge in [0.25, 0.3) is 0 Å². The van der Waals surface area contributed by atoms with Crippen LogP contribution in [-0.4, -0.2) is 115 Å². The fourth-order valence-corrected chi connectivity index (χ4v) is 6.42. The molecule has 1 unspecified atom stereocenters. The van der Waals surface area contributed by atoms with E-state index in [2.05, 4.69) is 54.2 Å². The van der Waals surface area contributed by atoms with Crippen LogP contribution in [0.15, 0.2) is 30.3 Å². The first-order valence-electron chi connectivity index (χ1n) is 13.4. The number of hydrogen-bond donors (Lipinski definition) is 1. The molecule has 200 valence electrons. The molecule has 2 saturated carbocycles. The van der Waals surface area contributed by atoms with Crippen molar-refractivity contribution in [2.75, 3.05) is 61.4 Å². The number of likely N-dealkylation sites (N-methyl/N-ethyl adjacent to an activating group) is 2. The van der Waals surface area contributed by atoms with Gasteiger partial charge >= 0.3 is 0 Å². The number of benzene rings is 1. The number of carbonyl (C=O) groups excluding carboxylic acids is 2. The summed E-state index contributed by atoms with van der Waals surface area (Å²) in [6.45, 7) is 1.75. The standard InChI is InChI=1S/C28H45N5O3/c1-29(2)24(34)19-31(5)25(35)20-32-21-27(33(26(32)36)18-22-10-9-11-22)14-16-28(17-15-27,30(3)4)23-12-7-6-8-13-23/h6-8,12-13,22,26,36H,9-11,14-21H2,1-5H3. The number of aliphatic hydroxyl groups is 1. The zero-order chi connectivity index (χ0) is 26.1. The van der Waals surface area contributed by atoms with E-state index >= 15 is 0 Å². The van der Waals surface area contributed by atoms with Crippen molar-refractivity contribution >= 4 is 11.8 Å². The summed E-state index contributed by atoms with van der Waals surface area (Å²) < 4.78 is 0. The Kier molecular flexibility index (Phi) is 8.10. The molecule has 36 heavy (non-hydrogen) atoms. The first-order chi connectivity index (χ1) is 17.1. The summed E-state index contributed by atoms with van der Waals surface area (Å²) in [6.07, 6.45) is 6.92. The summed E-state index contributed by atoms with van der Waals surface area (Å²) >= 11 is 0. The highest BCUT2D eigenvalue weighted by molar-refractivity contribution is 5.85. The van der Waals surface area contributed by atoms with Gasteiger partial charge in [0.05, 0.1) is 13.1 Å². The Morgan fingerprint density at radius 1 is 0.972 bits per heavy atom. The Hall–Kier alpha value is -2.00. The molecule has 1 spiro atoms. The summed E-state index contributed by atoms with van der Waals surface area (Å²) in [5, 5.41) is 11.5. The predicted molar refractivity (Wildman–Crippen MR) is 141 cm³/mol. The summed E-state index contributed by atoms with van der Waals surface area (Å²) in [6, 6.07) is 10.8. The van der Waals surface area contributed by atoms with Crippen LogP contribution in [0.25, 0.3) is 0 Å². The molecule has 4 rings (SSSR count). The third kappa shape index (κ3) is 5.19. The van der Waals surface area contributed by atoms with Gasteiger partial charge in [0.1, 0.15) is 0 Å². The van der Waals surface area contributed by atoms with E-state index in [0.29, 0.717) is 12.5 Å². The van der Waals surface area contributed by atoms with Gasteiger partial charge in [-0.1, -0.05) is 36.8 Å². The summed E-state index contributed by atoms with van der Waals surface area (Å²) in [5.41, 5.74) is 1.20. The number of hydrogen-bond acceptors (Lipinski definition) is 6. The van der Waals surface area contributed by atoms with Crippen molar-refractivity contribution in [1.29, 1.82) is 0 Å². The fraction of sp³-hybridized carbons (Fsp3) is 0.714. The highest BCUT2D eigenvalue weighted by Crippen LogP contribution is 2.50. The lowest BCUT2D eigenvalue weighted by molar-refractivity contribution is -0.142. The normalized spacial score (nSPS) is 29.5. The van der Waals surface area contributed by atoms with Crippen LogP contribution in [0.4, 0.5) is 0 Å². The van der Waals surface area contributed by atoms with Crippen LogP contribution in [0.5, 0.6) is 0 Å². The van der Waals surface area contributed by atoms with Crippen LogP contribution in [0, 0.1) is 5.92 Å². The van der Waals surface area contributed by atoms with E-state index in [1.54, 1.807) is 21.1 Å². The monoisotopic (exact) mass is 499 g/mol. The van der Waals surface area contributed by atoms with Crippen molar-refractivity contribution in [2.24, 2.45) is 5.92 Å². The molecular weight excluding hydrogens is 454 g/mol. The zero-order valence-corrected chi connectivity index (χ0v) is 22.8. The fourth-order valence-electron chi connectivity index (χ4n) is 6.42.